The molecule has 2 aromatic carbocycles. The summed E-state index contributed by atoms with van der Waals surface area (Å²) in [7, 11) is -3.06. The number of benzene rings is 2. The number of nitro benzene ring substituents is 1. The quantitative estimate of drug-likeness (QED) is 0.219. The number of carbonyl (C=O) groups excluding carboxylic acids is 1. The Hall–Kier alpha value is -4.19. The van der Waals surface area contributed by atoms with Crippen molar-refractivity contribution in [1.82, 2.24) is 5.43 Å². The van der Waals surface area contributed by atoms with E-state index in [0.29, 0.717) is 28.2 Å². The van der Waals surface area contributed by atoms with Gasteiger partial charge in [-0.15, -0.1) is 0 Å². The standard InChI is InChI=1S/C22H21N3O8S/c1-13-5-7-17(11-19(13)25(27)28)34(29,30)33-20-8-6-16(10-21(20)31-4)12-23-24-22(26)18-9-14(2)32-15(18)3/h5-12H,1-4H3,(H,24,26)/b23-12+. The fourth-order valence-corrected chi connectivity index (χ4v) is 3.98. The number of aryl methyl sites for hydroxylation is 3. The Morgan fingerprint density at radius 1 is 1.12 bits per heavy atom. The molecule has 1 N–H and O–H groups in total. The van der Waals surface area contributed by atoms with Gasteiger partial charge in [0.25, 0.3) is 11.6 Å². The maximum atomic E-state index is 12.7. The van der Waals surface area contributed by atoms with Crippen LogP contribution < -0.4 is 14.3 Å². The van der Waals surface area contributed by atoms with Crippen LogP contribution in [0.1, 0.15) is 33.0 Å². The van der Waals surface area contributed by atoms with Crippen LogP contribution >= 0.6 is 0 Å². The van der Waals surface area contributed by atoms with E-state index < -0.39 is 20.9 Å². The first kappa shape index (κ1) is 24.5. The van der Waals surface area contributed by atoms with Gasteiger partial charge in [-0.3, -0.25) is 14.9 Å². The second-order valence-corrected chi connectivity index (χ2v) is 8.73. The third-order valence-corrected chi connectivity index (χ3v) is 5.95. The molecule has 0 aliphatic rings. The molecular formula is C22H21N3O8S. The van der Waals surface area contributed by atoms with Gasteiger partial charge >= 0.3 is 10.1 Å². The number of ether oxygens (including phenoxy) is 1. The van der Waals surface area contributed by atoms with Crippen molar-refractivity contribution >= 4 is 27.9 Å². The van der Waals surface area contributed by atoms with E-state index in [0.717, 1.165) is 6.07 Å². The molecule has 0 unspecified atom stereocenters. The van der Waals surface area contributed by atoms with Crippen molar-refractivity contribution in [2.45, 2.75) is 25.7 Å². The summed E-state index contributed by atoms with van der Waals surface area (Å²) in [6.07, 6.45) is 1.34. The molecule has 11 nitrogen and oxygen atoms in total. The van der Waals surface area contributed by atoms with Crippen molar-refractivity contribution in [2.75, 3.05) is 7.11 Å². The number of nitrogens with zero attached hydrogens (tertiary/aromatic N) is 2. The van der Waals surface area contributed by atoms with E-state index in [4.69, 9.17) is 13.3 Å². The van der Waals surface area contributed by atoms with Crippen LogP contribution in [0.3, 0.4) is 0 Å². The van der Waals surface area contributed by atoms with Gasteiger partial charge in [0.05, 0.1) is 23.8 Å². The molecule has 0 aliphatic heterocycles. The highest BCUT2D eigenvalue weighted by Gasteiger charge is 2.23. The van der Waals surface area contributed by atoms with Gasteiger partial charge in [-0.1, -0.05) is 6.07 Å². The molecule has 3 aromatic rings. The number of hydrazone groups is 1. The Balaban J connectivity index is 1.78. The zero-order valence-electron chi connectivity index (χ0n) is 18.7. The lowest BCUT2D eigenvalue weighted by Gasteiger charge is -2.11. The van der Waals surface area contributed by atoms with Crippen LogP contribution in [-0.2, 0) is 10.1 Å². The molecule has 0 radical (unpaired) electrons. The van der Waals surface area contributed by atoms with E-state index in [9.17, 15) is 23.3 Å². The highest BCUT2D eigenvalue weighted by molar-refractivity contribution is 7.87. The average molecular weight is 487 g/mol. The topological polar surface area (TPSA) is 150 Å². The van der Waals surface area contributed by atoms with Crippen LogP contribution in [0, 0.1) is 30.9 Å². The third kappa shape index (κ3) is 5.41. The first-order chi connectivity index (χ1) is 16.0. The van der Waals surface area contributed by atoms with Crippen LogP contribution in [0.4, 0.5) is 5.69 Å². The van der Waals surface area contributed by atoms with E-state index in [1.807, 2.05) is 0 Å². The van der Waals surface area contributed by atoms with Crippen molar-refractivity contribution in [1.29, 1.82) is 0 Å². The third-order valence-electron chi connectivity index (χ3n) is 4.72. The van der Waals surface area contributed by atoms with Crippen LogP contribution in [0.25, 0.3) is 0 Å². The number of hydrogen-bond donors (Lipinski definition) is 1. The van der Waals surface area contributed by atoms with Crippen LogP contribution in [0.5, 0.6) is 11.5 Å². The lowest BCUT2D eigenvalue weighted by atomic mass is 10.2. The number of amides is 1. The largest absolute Gasteiger partial charge is 0.493 e. The summed E-state index contributed by atoms with van der Waals surface area (Å²) in [6, 6.07) is 9.36. The summed E-state index contributed by atoms with van der Waals surface area (Å²) in [5.74, 6) is 0.560. The van der Waals surface area contributed by atoms with Crippen molar-refractivity contribution in [3.63, 3.8) is 0 Å². The van der Waals surface area contributed by atoms with Gasteiger partial charge < -0.3 is 13.3 Å². The Morgan fingerprint density at radius 2 is 1.85 bits per heavy atom. The Kier molecular flexibility index (Phi) is 7.01. The van der Waals surface area contributed by atoms with Crippen LogP contribution in [-0.4, -0.2) is 32.6 Å². The van der Waals surface area contributed by atoms with Crippen molar-refractivity contribution in [3.8, 4) is 11.5 Å². The predicted octanol–water partition coefficient (Wildman–Crippen LogP) is 3.65. The number of nitro groups is 1. The fraction of sp³-hybridized carbons (Fsp3) is 0.182. The molecular weight excluding hydrogens is 466 g/mol. The van der Waals surface area contributed by atoms with Gasteiger partial charge in [0.1, 0.15) is 16.4 Å². The molecule has 1 heterocycles. The van der Waals surface area contributed by atoms with Gasteiger partial charge in [-0.25, -0.2) is 5.43 Å². The second kappa shape index (κ2) is 9.75. The zero-order valence-corrected chi connectivity index (χ0v) is 19.5. The van der Waals surface area contributed by atoms with Gasteiger partial charge in [-0.2, -0.15) is 13.5 Å². The minimum absolute atomic E-state index is 0.0711. The van der Waals surface area contributed by atoms with Crippen LogP contribution in [0.2, 0.25) is 0 Å². The molecule has 0 aliphatic carbocycles. The van der Waals surface area contributed by atoms with Gasteiger partial charge in [0, 0.05) is 11.6 Å². The molecule has 34 heavy (non-hydrogen) atoms. The lowest BCUT2D eigenvalue weighted by Crippen LogP contribution is -2.17. The first-order valence-electron chi connectivity index (χ1n) is 9.80. The smallest absolute Gasteiger partial charge is 0.339 e. The summed E-state index contributed by atoms with van der Waals surface area (Å²) in [4.78, 5) is 22.3. The van der Waals surface area contributed by atoms with Crippen molar-refractivity contribution < 1.29 is 31.5 Å². The second-order valence-electron chi connectivity index (χ2n) is 7.18. The molecule has 0 saturated carbocycles. The highest BCUT2D eigenvalue weighted by Crippen LogP contribution is 2.31. The summed E-state index contributed by atoms with van der Waals surface area (Å²) >= 11 is 0. The van der Waals surface area contributed by atoms with E-state index in [1.54, 1.807) is 19.9 Å². The number of rotatable bonds is 8. The van der Waals surface area contributed by atoms with E-state index >= 15 is 0 Å². The minimum Gasteiger partial charge on any atom is -0.493 e. The molecule has 3 rings (SSSR count). The maximum absolute atomic E-state index is 12.7. The normalized spacial score (nSPS) is 11.4. The zero-order chi connectivity index (χ0) is 25.0. The van der Waals surface area contributed by atoms with Gasteiger partial charge in [0.15, 0.2) is 11.5 Å². The number of hydrogen-bond acceptors (Lipinski definition) is 9. The SMILES string of the molecule is COc1cc(/C=N/NC(=O)c2cc(C)oc2C)ccc1OS(=O)(=O)c1ccc(C)c([N+](=O)[O-])c1. The monoisotopic (exact) mass is 487 g/mol. The summed E-state index contributed by atoms with van der Waals surface area (Å²) in [6.45, 7) is 4.89. The molecule has 0 spiro atoms. The Morgan fingerprint density at radius 3 is 2.47 bits per heavy atom. The molecule has 178 valence electrons. The highest BCUT2D eigenvalue weighted by atomic mass is 32.2. The molecule has 0 saturated heterocycles. The van der Waals surface area contributed by atoms with E-state index in [-0.39, 0.29) is 22.1 Å². The average Bonchev–Trinajstić information content (AvgIpc) is 3.12. The number of furan rings is 1. The molecule has 0 fully saturated rings. The van der Waals surface area contributed by atoms with Crippen molar-refractivity contribution in [3.05, 3.63) is 80.8 Å². The molecule has 1 amide bonds. The lowest BCUT2D eigenvalue weighted by molar-refractivity contribution is -0.385. The van der Waals surface area contributed by atoms with E-state index in [2.05, 4.69) is 10.5 Å². The molecule has 1 aromatic heterocycles. The van der Waals surface area contributed by atoms with Crippen LogP contribution in [0.15, 0.2) is 56.9 Å². The van der Waals surface area contributed by atoms with Crippen molar-refractivity contribution in [2.24, 2.45) is 5.10 Å². The predicted molar refractivity (Wildman–Crippen MR) is 122 cm³/mol. The number of carbonyl (C=O) groups is 1. The summed E-state index contributed by atoms with van der Waals surface area (Å²) in [5.41, 5.74) is 3.19. The number of nitrogens with one attached hydrogen (secondary N) is 1. The Labute approximate surface area is 195 Å². The molecule has 12 heteroatoms. The van der Waals surface area contributed by atoms with E-state index in [1.165, 1.54) is 50.6 Å². The van der Waals surface area contributed by atoms with Gasteiger partial charge in [0.2, 0.25) is 0 Å². The maximum Gasteiger partial charge on any atom is 0.339 e. The Bertz CT molecular complexity index is 1390. The fourth-order valence-electron chi connectivity index (χ4n) is 3.02. The summed E-state index contributed by atoms with van der Waals surface area (Å²) in [5, 5.41) is 15.0. The number of methoxy groups -OCH3 is 1. The minimum atomic E-state index is -4.38. The first-order valence-corrected chi connectivity index (χ1v) is 11.2. The summed E-state index contributed by atoms with van der Waals surface area (Å²) < 4.78 is 41.0. The van der Waals surface area contributed by atoms with Gasteiger partial charge in [-0.05, 0) is 56.7 Å². The molecule has 0 atom stereocenters. The molecule has 0 bridgehead atoms.